The van der Waals surface area contributed by atoms with Crippen LogP contribution in [0.25, 0.3) is 11.3 Å². The minimum atomic E-state index is -0.0169. The molecule has 0 atom stereocenters. The monoisotopic (exact) mass is 465 g/mol. The molecule has 10 heteroatoms. The van der Waals surface area contributed by atoms with Gasteiger partial charge in [0, 0.05) is 50.4 Å². The van der Waals surface area contributed by atoms with Gasteiger partial charge >= 0.3 is 6.03 Å². The number of benzene rings is 1. The van der Waals surface area contributed by atoms with Crippen molar-refractivity contribution < 1.29 is 4.79 Å². The van der Waals surface area contributed by atoms with Crippen molar-refractivity contribution in [3.05, 3.63) is 40.0 Å². The number of piperidine rings is 1. The van der Waals surface area contributed by atoms with Gasteiger partial charge in [-0.05, 0) is 37.8 Å². The van der Waals surface area contributed by atoms with Gasteiger partial charge in [0.15, 0.2) is 5.96 Å². The smallest absolute Gasteiger partial charge is 0.317 e. The third-order valence-corrected chi connectivity index (χ3v) is 6.32. The molecule has 168 valence electrons. The molecule has 1 aliphatic rings. The third kappa shape index (κ3) is 6.04. The number of carbonyl (C=O) groups is 1. The number of unbranched alkanes of at least 4 members (excludes halogenated alkanes) is 1. The topological polar surface area (TPSA) is 115 Å². The number of nitrogens with one attached hydrogen (secondary N) is 1. The van der Waals surface area contributed by atoms with Gasteiger partial charge in [0.1, 0.15) is 0 Å². The zero-order valence-corrected chi connectivity index (χ0v) is 19.2. The fourth-order valence-electron chi connectivity index (χ4n) is 3.83. The first-order chi connectivity index (χ1) is 14.9. The lowest BCUT2D eigenvalue weighted by Crippen LogP contribution is -2.44. The number of guanidine groups is 1. The van der Waals surface area contributed by atoms with Crippen LogP contribution in [0.1, 0.15) is 37.3 Å². The molecule has 1 aromatic carbocycles. The highest BCUT2D eigenvalue weighted by molar-refractivity contribution is 6.43. The number of aryl methyl sites for hydroxylation is 1. The predicted molar refractivity (Wildman–Crippen MR) is 126 cm³/mol. The van der Waals surface area contributed by atoms with Crippen LogP contribution in [-0.4, -0.2) is 52.9 Å². The Bertz CT molecular complexity index is 932. The second-order valence-corrected chi connectivity index (χ2v) is 8.47. The molecule has 1 fully saturated rings. The maximum atomic E-state index is 12.4. The van der Waals surface area contributed by atoms with Crippen LogP contribution in [0.2, 0.25) is 10.0 Å². The summed E-state index contributed by atoms with van der Waals surface area (Å²) in [5, 5.41) is 8.65. The van der Waals surface area contributed by atoms with Gasteiger partial charge in [0.2, 0.25) is 0 Å². The van der Waals surface area contributed by atoms with E-state index in [1.54, 1.807) is 6.07 Å². The molecular weight excluding hydrogens is 437 g/mol. The molecule has 2 amide bonds. The first-order valence-electron chi connectivity index (χ1n) is 10.4. The largest absolute Gasteiger partial charge is 0.370 e. The van der Waals surface area contributed by atoms with Crippen LogP contribution in [0.4, 0.5) is 4.79 Å². The number of aliphatic imine (C=N–C) groups is 1. The summed E-state index contributed by atoms with van der Waals surface area (Å²) in [6.45, 7) is 2.62. The van der Waals surface area contributed by atoms with Crippen LogP contribution < -0.4 is 16.8 Å². The van der Waals surface area contributed by atoms with Crippen molar-refractivity contribution in [1.82, 2.24) is 20.0 Å². The van der Waals surface area contributed by atoms with E-state index in [1.807, 2.05) is 28.8 Å². The Morgan fingerprint density at radius 1 is 1.26 bits per heavy atom. The van der Waals surface area contributed by atoms with Crippen LogP contribution in [0, 0.1) is 0 Å². The van der Waals surface area contributed by atoms with E-state index in [4.69, 9.17) is 34.7 Å². The standard InChI is InChI=1S/C21H29Cl2N7O/c1-29-18(13-17(28-29)15-5-4-6-16(22)19(15)23)14-7-11-30(12-8-14)21(31)27-10-3-2-9-26-20(24)25/h4-6,13-14H,2-3,7-12H2,1H3,(H,27,31)(H4,24,25,26). The number of hydrogen-bond acceptors (Lipinski definition) is 3. The van der Waals surface area contributed by atoms with Crippen molar-refractivity contribution in [1.29, 1.82) is 0 Å². The second kappa shape index (κ2) is 10.7. The molecule has 8 nitrogen and oxygen atoms in total. The Hall–Kier alpha value is -2.45. The number of amides is 2. The molecule has 0 saturated carbocycles. The summed E-state index contributed by atoms with van der Waals surface area (Å²) in [5.41, 5.74) is 13.4. The fraction of sp³-hybridized carbons (Fsp3) is 0.476. The van der Waals surface area contributed by atoms with E-state index in [0.717, 1.165) is 42.6 Å². The van der Waals surface area contributed by atoms with Gasteiger partial charge in [0.25, 0.3) is 0 Å². The predicted octanol–water partition coefficient (Wildman–Crippen LogP) is 3.34. The van der Waals surface area contributed by atoms with E-state index < -0.39 is 0 Å². The Morgan fingerprint density at radius 3 is 2.71 bits per heavy atom. The lowest BCUT2D eigenvalue weighted by Gasteiger charge is -2.32. The highest BCUT2D eigenvalue weighted by Gasteiger charge is 2.26. The summed E-state index contributed by atoms with van der Waals surface area (Å²) in [7, 11) is 1.94. The summed E-state index contributed by atoms with van der Waals surface area (Å²) in [6, 6.07) is 7.62. The number of nitrogens with two attached hydrogens (primary N) is 2. The van der Waals surface area contributed by atoms with E-state index in [2.05, 4.69) is 21.5 Å². The Morgan fingerprint density at radius 2 is 2.00 bits per heavy atom. The minimum Gasteiger partial charge on any atom is -0.370 e. The molecule has 1 saturated heterocycles. The Labute approximate surface area is 192 Å². The molecule has 2 aromatic rings. The number of carbonyl (C=O) groups excluding carboxylic acids is 1. The molecule has 5 N–H and O–H groups in total. The lowest BCUT2D eigenvalue weighted by molar-refractivity contribution is 0.180. The van der Waals surface area contributed by atoms with Crippen LogP contribution in [0.3, 0.4) is 0 Å². The molecule has 2 heterocycles. The molecule has 0 bridgehead atoms. The van der Waals surface area contributed by atoms with Crippen molar-refractivity contribution in [2.75, 3.05) is 26.2 Å². The molecule has 0 unspecified atom stereocenters. The minimum absolute atomic E-state index is 0.0169. The van der Waals surface area contributed by atoms with E-state index in [-0.39, 0.29) is 12.0 Å². The van der Waals surface area contributed by atoms with Gasteiger partial charge in [-0.25, -0.2) is 4.79 Å². The molecule has 31 heavy (non-hydrogen) atoms. The Balaban J connectivity index is 1.51. The maximum absolute atomic E-state index is 12.4. The van der Waals surface area contributed by atoms with Crippen LogP contribution in [0.5, 0.6) is 0 Å². The molecule has 0 spiro atoms. The van der Waals surface area contributed by atoms with Crippen molar-refractivity contribution in [3.8, 4) is 11.3 Å². The highest BCUT2D eigenvalue weighted by atomic mass is 35.5. The van der Waals surface area contributed by atoms with Gasteiger partial charge in [-0.3, -0.25) is 9.67 Å². The van der Waals surface area contributed by atoms with Crippen molar-refractivity contribution in [2.45, 2.75) is 31.6 Å². The number of aromatic nitrogens is 2. The second-order valence-electron chi connectivity index (χ2n) is 7.69. The number of halogens is 2. The van der Waals surface area contributed by atoms with Gasteiger partial charge in [-0.2, -0.15) is 5.10 Å². The van der Waals surface area contributed by atoms with Gasteiger partial charge < -0.3 is 21.7 Å². The SMILES string of the molecule is Cn1nc(-c2cccc(Cl)c2Cl)cc1C1CCN(C(=O)NCCCCN=C(N)N)CC1. The molecule has 0 aliphatic carbocycles. The first kappa shape index (κ1) is 23.2. The number of rotatable bonds is 7. The highest BCUT2D eigenvalue weighted by Crippen LogP contribution is 2.35. The zero-order valence-electron chi connectivity index (χ0n) is 17.7. The molecule has 0 radical (unpaired) electrons. The number of hydrogen-bond donors (Lipinski definition) is 3. The molecule has 3 rings (SSSR count). The van der Waals surface area contributed by atoms with E-state index in [9.17, 15) is 4.79 Å². The summed E-state index contributed by atoms with van der Waals surface area (Å²) in [6.07, 6.45) is 3.45. The molecular formula is C21H29Cl2N7O. The van der Waals surface area contributed by atoms with Crippen molar-refractivity contribution in [3.63, 3.8) is 0 Å². The zero-order chi connectivity index (χ0) is 22.4. The number of nitrogens with zero attached hydrogens (tertiary/aromatic N) is 4. The number of urea groups is 1. The lowest BCUT2D eigenvalue weighted by atomic mass is 9.93. The van der Waals surface area contributed by atoms with Crippen molar-refractivity contribution >= 4 is 35.2 Å². The maximum Gasteiger partial charge on any atom is 0.317 e. The normalized spacial score (nSPS) is 14.5. The van der Waals surface area contributed by atoms with E-state index in [0.29, 0.717) is 42.1 Å². The summed E-state index contributed by atoms with van der Waals surface area (Å²) < 4.78 is 1.91. The van der Waals surface area contributed by atoms with Crippen LogP contribution in [0.15, 0.2) is 29.3 Å². The third-order valence-electron chi connectivity index (χ3n) is 5.50. The first-order valence-corrected chi connectivity index (χ1v) is 11.2. The Kier molecular flexibility index (Phi) is 8.03. The van der Waals surface area contributed by atoms with Crippen LogP contribution >= 0.6 is 23.2 Å². The van der Waals surface area contributed by atoms with Gasteiger partial charge in [-0.1, -0.05) is 35.3 Å². The van der Waals surface area contributed by atoms with Crippen molar-refractivity contribution in [2.24, 2.45) is 23.5 Å². The average molecular weight is 466 g/mol. The summed E-state index contributed by atoms with van der Waals surface area (Å²) in [5.74, 6) is 0.441. The molecule has 1 aromatic heterocycles. The molecule has 1 aliphatic heterocycles. The van der Waals surface area contributed by atoms with E-state index in [1.165, 1.54) is 0 Å². The van der Waals surface area contributed by atoms with E-state index >= 15 is 0 Å². The summed E-state index contributed by atoms with van der Waals surface area (Å²) >= 11 is 12.5. The number of likely N-dealkylation sites (tertiary alicyclic amines) is 1. The van der Waals surface area contributed by atoms with Gasteiger partial charge in [0.05, 0.1) is 15.7 Å². The summed E-state index contributed by atoms with van der Waals surface area (Å²) in [4.78, 5) is 18.2. The van der Waals surface area contributed by atoms with Gasteiger partial charge in [-0.15, -0.1) is 0 Å². The quantitative estimate of drug-likeness (QED) is 0.330. The fourth-order valence-corrected chi connectivity index (χ4v) is 4.22. The average Bonchev–Trinajstić information content (AvgIpc) is 3.13. The van der Waals surface area contributed by atoms with Crippen LogP contribution in [-0.2, 0) is 7.05 Å².